The number of halogens is 1. The lowest BCUT2D eigenvalue weighted by Gasteiger charge is -2.28. The monoisotopic (exact) mass is 311 g/mol. The summed E-state index contributed by atoms with van der Waals surface area (Å²) in [4.78, 5) is 11.6. The van der Waals surface area contributed by atoms with Gasteiger partial charge in [0.05, 0.1) is 5.92 Å². The number of anilines is 1. The summed E-state index contributed by atoms with van der Waals surface area (Å²) in [6.07, 6.45) is 5.45. The van der Waals surface area contributed by atoms with Gasteiger partial charge in [0.15, 0.2) is 0 Å². The van der Waals surface area contributed by atoms with Gasteiger partial charge in [-0.1, -0.05) is 31.4 Å². The first-order chi connectivity index (χ1) is 8.61. The number of nitrogen functional groups attached to an aromatic ring is 1. The van der Waals surface area contributed by atoms with Gasteiger partial charge in [-0.15, -0.1) is 0 Å². The Kier molecular flexibility index (Phi) is 4.27. The first-order valence-corrected chi connectivity index (χ1v) is 7.17. The summed E-state index contributed by atoms with van der Waals surface area (Å²) in [6.45, 7) is 0. The molecule has 0 saturated heterocycles. The molecule has 98 valence electrons. The maximum atomic E-state index is 11.6. The van der Waals surface area contributed by atoms with Crippen molar-refractivity contribution >= 4 is 27.6 Å². The number of nitrogens with two attached hydrogens (primary N) is 1. The van der Waals surface area contributed by atoms with Gasteiger partial charge in [0.2, 0.25) is 0 Å². The fraction of sp³-hybridized carbons (Fsp3) is 0.500. The van der Waals surface area contributed by atoms with Gasteiger partial charge in [-0.2, -0.15) is 0 Å². The van der Waals surface area contributed by atoms with E-state index in [9.17, 15) is 9.90 Å². The zero-order valence-electron chi connectivity index (χ0n) is 10.2. The molecular formula is C14H18BrNO2. The molecule has 1 fully saturated rings. The third-order valence-electron chi connectivity index (χ3n) is 3.81. The van der Waals surface area contributed by atoms with Crippen molar-refractivity contribution in [3.63, 3.8) is 0 Å². The van der Waals surface area contributed by atoms with Crippen LogP contribution in [0.15, 0.2) is 22.7 Å². The van der Waals surface area contributed by atoms with Crippen molar-refractivity contribution in [2.24, 2.45) is 5.92 Å². The maximum absolute atomic E-state index is 11.6. The van der Waals surface area contributed by atoms with Crippen LogP contribution in [0, 0.1) is 5.92 Å². The molecule has 3 N–H and O–H groups in total. The van der Waals surface area contributed by atoms with E-state index in [1.54, 1.807) is 0 Å². The van der Waals surface area contributed by atoms with Crippen molar-refractivity contribution in [2.75, 3.05) is 5.73 Å². The predicted octanol–water partition coefficient (Wildman–Crippen LogP) is 3.78. The first-order valence-electron chi connectivity index (χ1n) is 6.38. The molecule has 0 aromatic heterocycles. The molecule has 0 radical (unpaired) electrons. The van der Waals surface area contributed by atoms with Crippen LogP contribution in [0.2, 0.25) is 0 Å². The Morgan fingerprint density at radius 3 is 2.61 bits per heavy atom. The van der Waals surface area contributed by atoms with Gasteiger partial charge in [0, 0.05) is 10.2 Å². The summed E-state index contributed by atoms with van der Waals surface area (Å²) in [5.41, 5.74) is 7.34. The number of carboxylic acids is 1. The number of rotatable bonds is 3. The highest BCUT2D eigenvalue weighted by Crippen LogP contribution is 2.39. The second-order valence-corrected chi connectivity index (χ2v) is 5.81. The zero-order chi connectivity index (χ0) is 13.1. The Balaban J connectivity index is 2.34. The zero-order valence-corrected chi connectivity index (χ0v) is 11.8. The van der Waals surface area contributed by atoms with Crippen molar-refractivity contribution in [2.45, 2.75) is 38.0 Å². The molecule has 1 atom stereocenters. The molecule has 18 heavy (non-hydrogen) atoms. The molecule has 1 aromatic carbocycles. The Morgan fingerprint density at radius 2 is 2.00 bits per heavy atom. The Bertz CT molecular complexity index is 441. The number of hydrogen-bond donors (Lipinski definition) is 2. The highest BCUT2D eigenvalue weighted by atomic mass is 79.9. The maximum Gasteiger partial charge on any atom is 0.311 e. The summed E-state index contributed by atoms with van der Waals surface area (Å²) in [7, 11) is 0. The molecule has 0 amide bonds. The second kappa shape index (κ2) is 5.74. The molecule has 1 aliphatic carbocycles. The van der Waals surface area contributed by atoms with Crippen molar-refractivity contribution in [1.82, 2.24) is 0 Å². The third-order valence-corrected chi connectivity index (χ3v) is 4.50. The SMILES string of the molecule is Nc1c(Br)cccc1C(C(=O)O)C1CCCCC1. The smallest absolute Gasteiger partial charge is 0.311 e. The van der Waals surface area contributed by atoms with Gasteiger partial charge in [-0.3, -0.25) is 4.79 Å². The molecule has 2 rings (SSSR count). The van der Waals surface area contributed by atoms with Crippen molar-refractivity contribution in [3.8, 4) is 0 Å². The highest BCUT2D eigenvalue weighted by molar-refractivity contribution is 9.10. The van der Waals surface area contributed by atoms with Gasteiger partial charge < -0.3 is 10.8 Å². The molecule has 0 bridgehead atoms. The van der Waals surface area contributed by atoms with Crippen LogP contribution in [0.1, 0.15) is 43.6 Å². The number of para-hydroxylation sites is 1. The van der Waals surface area contributed by atoms with Crippen molar-refractivity contribution < 1.29 is 9.90 Å². The molecule has 1 aromatic rings. The lowest BCUT2D eigenvalue weighted by atomic mass is 9.76. The summed E-state index contributed by atoms with van der Waals surface area (Å²) < 4.78 is 0.780. The van der Waals surface area contributed by atoms with Gasteiger partial charge in [0.1, 0.15) is 0 Å². The number of benzene rings is 1. The van der Waals surface area contributed by atoms with E-state index in [4.69, 9.17) is 5.73 Å². The topological polar surface area (TPSA) is 63.3 Å². The minimum atomic E-state index is -0.758. The van der Waals surface area contributed by atoms with E-state index in [1.807, 2.05) is 18.2 Å². The Hall–Kier alpha value is -1.03. The molecule has 1 unspecified atom stereocenters. The van der Waals surface area contributed by atoms with Crippen LogP contribution in [0.3, 0.4) is 0 Å². The Morgan fingerprint density at radius 1 is 1.33 bits per heavy atom. The predicted molar refractivity (Wildman–Crippen MR) is 75.5 cm³/mol. The van der Waals surface area contributed by atoms with E-state index in [2.05, 4.69) is 15.9 Å². The molecule has 1 saturated carbocycles. The normalized spacial score (nSPS) is 18.5. The van der Waals surface area contributed by atoms with Gasteiger partial charge in [-0.05, 0) is 46.3 Å². The minimum absolute atomic E-state index is 0.216. The van der Waals surface area contributed by atoms with Crippen LogP contribution >= 0.6 is 15.9 Å². The lowest BCUT2D eigenvalue weighted by molar-refractivity contribution is -0.140. The first kappa shape index (κ1) is 13.4. The van der Waals surface area contributed by atoms with Crippen molar-refractivity contribution in [3.05, 3.63) is 28.2 Å². The van der Waals surface area contributed by atoms with E-state index < -0.39 is 11.9 Å². The van der Waals surface area contributed by atoms with E-state index in [1.165, 1.54) is 6.42 Å². The average molecular weight is 312 g/mol. The summed E-state index contributed by atoms with van der Waals surface area (Å²) >= 11 is 3.37. The summed E-state index contributed by atoms with van der Waals surface area (Å²) in [5.74, 6) is -1.01. The van der Waals surface area contributed by atoms with E-state index in [0.29, 0.717) is 5.69 Å². The number of carboxylic acid groups (broad SMARTS) is 1. The van der Waals surface area contributed by atoms with Gasteiger partial charge in [0.25, 0.3) is 0 Å². The van der Waals surface area contributed by atoms with Crippen LogP contribution < -0.4 is 5.73 Å². The van der Waals surface area contributed by atoms with Gasteiger partial charge in [-0.25, -0.2) is 0 Å². The summed E-state index contributed by atoms with van der Waals surface area (Å²) in [5, 5.41) is 9.52. The highest BCUT2D eigenvalue weighted by Gasteiger charge is 2.32. The van der Waals surface area contributed by atoms with Crippen LogP contribution in [0.25, 0.3) is 0 Å². The van der Waals surface area contributed by atoms with Crippen LogP contribution in [0.4, 0.5) is 5.69 Å². The molecular weight excluding hydrogens is 294 g/mol. The van der Waals surface area contributed by atoms with Crippen LogP contribution in [-0.4, -0.2) is 11.1 Å². The molecule has 3 nitrogen and oxygen atoms in total. The number of hydrogen-bond acceptors (Lipinski definition) is 2. The quantitative estimate of drug-likeness (QED) is 0.835. The second-order valence-electron chi connectivity index (χ2n) is 4.96. The largest absolute Gasteiger partial charge is 0.481 e. The third kappa shape index (κ3) is 2.69. The molecule has 1 aliphatic rings. The molecule has 0 aliphatic heterocycles. The fourth-order valence-electron chi connectivity index (χ4n) is 2.88. The molecule has 0 spiro atoms. The lowest BCUT2D eigenvalue weighted by Crippen LogP contribution is -2.24. The van der Waals surface area contributed by atoms with Gasteiger partial charge >= 0.3 is 5.97 Å². The van der Waals surface area contributed by atoms with E-state index in [-0.39, 0.29) is 5.92 Å². The number of carbonyl (C=O) groups is 1. The Labute approximate surface area is 116 Å². The van der Waals surface area contributed by atoms with E-state index in [0.717, 1.165) is 35.7 Å². The van der Waals surface area contributed by atoms with Crippen LogP contribution in [0.5, 0.6) is 0 Å². The standard InChI is InChI=1S/C14H18BrNO2/c15-11-8-4-7-10(13(11)16)12(14(17)18)9-5-2-1-3-6-9/h4,7-9,12H,1-3,5-6,16H2,(H,17,18). The molecule has 4 heteroatoms. The van der Waals surface area contributed by atoms with Crippen molar-refractivity contribution in [1.29, 1.82) is 0 Å². The fourth-order valence-corrected chi connectivity index (χ4v) is 3.26. The summed E-state index contributed by atoms with van der Waals surface area (Å²) in [6, 6.07) is 5.54. The van der Waals surface area contributed by atoms with Crippen LogP contribution in [-0.2, 0) is 4.79 Å². The average Bonchev–Trinajstić information content (AvgIpc) is 2.36. The number of aliphatic carboxylic acids is 1. The van der Waals surface area contributed by atoms with E-state index >= 15 is 0 Å². The molecule has 0 heterocycles. The minimum Gasteiger partial charge on any atom is -0.481 e.